The number of rotatable bonds is 6. The minimum atomic E-state index is -0.333. The molecule has 3 rings (SSSR count). The van der Waals surface area contributed by atoms with E-state index in [-0.39, 0.29) is 18.0 Å². The molecule has 2 aromatic rings. The first kappa shape index (κ1) is 17.0. The number of nitrogens with two attached hydrogens (primary N) is 1. The van der Waals surface area contributed by atoms with E-state index in [0.717, 1.165) is 12.8 Å². The van der Waals surface area contributed by atoms with E-state index in [4.69, 9.17) is 5.73 Å². The molecule has 1 saturated carbocycles. The van der Waals surface area contributed by atoms with Crippen LogP contribution in [0.15, 0.2) is 54.6 Å². The molecule has 5 N–H and O–H groups in total. The van der Waals surface area contributed by atoms with Gasteiger partial charge in [0.25, 0.3) is 5.91 Å². The first-order valence-electron chi connectivity index (χ1n) is 8.40. The van der Waals surface area contributed by atoms with Crippen molar-refractivity contribution in [1.29, 1.82) is 0 Å². The lowest BCUT2D eigenvalue weighted by Gasteiger charge is -2.16. The minimum Gasteiger partial charge on any atom is -0.348 e. The Morgan fingerprint density at radius 3 is 2.12 bits per heavy atom. The standard InChI is InChI=1S/C19H22N4O2/c20-12-17(13-6-7-13)23-18(24)14-8-10-16(11-9-14)22-19(25)21-15-4-2-1-3-5-15/h1-5,8-11,13,17H,6-7,12,20H2,(H,23,24)(H2,21,22,25). The Labute approximate surface area is 146 Å². The predicted octanol–water partition coefficient (Wildman–Crippen LogP) is 2.80. The van der Waals surface area contributed by atoms with E-state index >= 15 is 0 Å². The topological polar surface area (TPSA) is 96.2 Å². The van der Waals surface area contributed by atoms with Crippen LogP contribution in [0.1, 0.15) is 23.2 Å². The molecule has 3 amide bonds. The number of nitrogens with one attached hydrogen (secondary N) is 3. The van der Waals surface area contributed by atoms with E-state index in [1.54, 1.807) is 36.4 Å². The molecule has 0 saturated heterocycles. The van der Waals surface area contributed by atoms with Gasteiger partial charge in [0.15, 0.2) is 0 Å². The highest BCUT2D eigenvalue weighted by molar-refractivity contribution is 6.00. The van der Waals surface area contributed by atoms with Gasteiger partial charge in [-0.15, -0.1) is 0 Å². The zero-order valence-corrected chi connectivity index (χ0v) is 13.9. The number of para-hydroxylation sites is 1. The van der Waals surface area contributed by atoms with Gasteiger partial charge in [-0.25, -0.2) is 4.79 Å². The number of amides is 3. The summed E-state index contributed by atoms with van der Waals surface area (Å²) < 4.78 is 0. The van der Waals surface area contributed by atoms with E-state index in [1.807, 2.05) is 18.2 Å². The first-order valence-corrected chi connectivity index (χ1v) is 8.40. The predicted molar refractivity (Wildman–Crippen MR) is 98.6 cm³/mol. The van der Waals surface area contributed by atoms with E-state index in [1.165, 1.54) is 0 Å². The van der Waals surface area contributed by atoms with E-state index < -0.39 is 0 Å². The molecule has 0 aliphatic heterocycles. The van der Waals surface area contributed by atoms with Gasteiger partial charge in [-0.1, -0.05) is 18.2 Å². The van der Waals surface area contributed by atoms with Crippen molar-refractivity contribution in [3.63, 3.8) is 0 Å². The molecule has 1 fully saturated rings. The first-order chi connectivity index (χ1) is 12.2. The Morgan fingerprint density at radius 1 is 0.960 bits per heavy atom. The highest BCUT2D eigenvalue weighted by Crippen LogP contribution is 2.32. The Balaban J connectivity index is 1.54. The fourth-order valence-corrected chi connectivity index (χ4v) is 2.64. The van der Waals surface area contributed by atoms with Crippen molar-refractivity contribution in [3.05, 3.63) is 60.2 Å². The number of urea groups is 1. The molecule has 0 spiro atoms. The van der Waals surface area contributed by atoms with Crippen LogP contribution in [0.5, 0.6) is 0 Å². The second kappa shape index (κ2) is 7.81. The molecule has 1 aliphatic rings. The van der Waals surface area contributed by atoms with Crippen LogP contribution in [0.25, 0.3) is 0 Å². The molecule has 0 heterocycles. The van der Waals surface area contributed by atoms with Crippen LogP contribution in [-0.2, 0) is 0 Å². The summed E-state index contributed by atoms with van der Waals surface area (Å²) in [4.78, 5) is 24.2. The third-order valence-corrected chi connectivity index (χ3v) is 4.20. The van der Waals surface area contributed by atoms with Crippen molar-refractivity contribution < 1.29 is 9.59 Å². The monoisotopic (exact) mass is 338 g/mol. The fraction of sp³-hybridized carbons (Fsp3) is 0.263. The average molecular weight is 338 g/mol. The molecule has 0 aromatic heterocycles. The maximum Gasteiger partial charge on any atom is 0.323 e. The van der Waals surface area contributed by atoms with E-state index in [9.17, 15) is 9.59 Å². The Morgan fingerprint density at radius 2 is 1.56 bits per heavy atom. The highest BCUT2D eigenvalue weighted by atomic mass is 16.2. The lowest BCUT2D eigenvalue weighted by atomic mass is 10.1. The van der Waals surface area contributed by atoms with Crippen molar-refractivity contribution in [2.24, 2.45) is 11.7 Å². The highest BCUT2D eigenvalue weighted by Gasteiger charge is 2.31. The van der Waals surface area contributed by atoms with Gasteiger partial charge >= 0.3 is 6.03 Å². The summed E-state index contributed by atoms with van der Waals surface area (Å²) in [5.74, 6) is 0.374. The second-order valence-corrected chi connectivity index (χ2v) is 6.18. The number of carbonyl (C=O) groups is 2. The van der Waals surface area contributed by atoms with Crippen LogP contribution in [0.2, 0.25) is 0 Å². The zero-order valence-electron chi connectivity index (χ0n) is 13.9. The van der Waals surface area contributed by atoms with Gasteiger partial charge in [-0.2, -0.15) is 0 Å². The summed E-state index contributed by atoms with van der Waals surface area (Å²) in [7, 11) is 0. The summed E-state index contributed by atoms with van der Waals surface area (Å²) >= 11 is 0. The summed E-state index contributed by atoms with van der Waals surface area (Å²) in [6, 6.07) is 15.7. The van der Waals surface area contributed by atoms with Gasteiger partial charge in [0, 0.05) is 29.5 Å². The van der Waals surface area contributed by atoms with Crippen LogP contribution >= 0.6 is 0 Å². The van der Waals surface area contributed by atoms with Gasteiger partial charge < -0.3 is 21.7 Å². The van der Waals surface area contributed by atoms with Crippen LogP contribution in [0.3, 0.4) is 0 Å². The molecule has 2 aromatic carbocycles. The van der Waals surface area contributed by atoms with E-state index in [0.29, 0.717) is 29.4 Å². The smallest absolute Gasteiger partial charge is 0.323 e. The molecular formula is C19H22N4O2. The van der Waals surface area contributed by atoms with Crippen LogP contribution < -0.4 is 21.7 Å². The minimum absolute atomic E-state index is 0.0435. The van der Waals surface area contributed by atoms with E-state index in [2.05, 4.69) is 16.0 Å². The van der Waals surface area contributed by atoms with Gasteiger partial charge in [0.1, 0.15) is 0 Å². The molecule has 6 heteroatoms. The SMILES string of the molecule is NCC(NC(=O)c1ccc(NC(=O)Nc2ccccc2)cc1)C1CC1. The Kier molecular flexibility index (Phi) is 5.30. The number of hydrogen-bond donors (Lipinski definition) is 4. The third-order valence-electron chi connectivity index (χ3n) is 4.20. The van der Waals surface area contributed by atoms with Crippen LogP contribution in [-0.4, -0.2) is 24.5 Å². The van der Waals surface area contributed by atoms with Crippen molar-refractivity contribution in [3.8, 4) is 0 Å². The van der Waals surface area contributed by atoms with Gasteiger partial charge in [-0.05, 0) is 55.2 Å². The summed E-state index contributed by atoms with van der Waals surface area (Å²) in [6.45, 7) is 0.454. The van der Waals surface area contributed by atoms with Crippen LogP contribution in [0.4, 0.5) is 16.2 Å². The lowest BCUT2D eigenvalue weighted by molar-refractivity contribution is 0.0933. The quantitative estimate of drug-likeness (QED) is 0.652. The summed E-state index contributed by atoms with van der Waals surface area (Å²) in [6.07, 6.45) is 2.25. The number of hydrogen-bond acceptors (Lipinski definition) is 3. The average Bonchev–Trinajstić information content (AvgIpc) is 3.46. The maximum atomic E-state index is 12.3. The van der Waals surface area contributed by atoms with Crippen molar-refractivity contribution in [2.75, 3.05) is 17.2 Å². The molecule has 1 aliphatic carbocycles. The molecule has 1 atom stereocenters. The number of carbonyl (C=O) groups excluding carboxylic acids is 2. The molecule has 25 heavy (non-hydrogen) atoms. The lowest BCUT2D eigenvalue weighted by Crippen LogP contribution is -2.41. The normalized spacial score (nSPS) is 14.4. The summed E-state index contributed by atoms with van der Waals surface area (Å²) in [5.41, 5.74) is 7.59. The number of benzene rings is 2. The summed E-state index contributed by atoms with van der Waals surface area (Å²) in [5, 5.41) is 8.45. The molecule has 130 valence electrons. The second-order valence-electron chi connectivity index (χ2n) is 6.18. The van der Waals surface area contributed by atoms with Crippen molar-refractivity contribution in [2.45, 2.75) is 18.9 Å². The largest absolute Gasteiger partial charge is 0.348 e. The van der Waals surface area contributed by atoms with Crippen molar-refractivity contribution in [1.82, 2.24) is 5.32 Å². The fourth-order valence-electron chi connectivity index (χ4n) is 2.64. The van der Waals surface area contributed by atoms with Gasteiger partial charge in [0.2, 0.25) is 0 Å². The zero-order chi connectivity index (χ0) is 17.6. The molecule has 6 nitrogen and oxygen atoms in total. The van der Waals surface area contributed by atoms with Crippen LogP contribution in [0, 0.1) is 5.92 Å². The third kappa shape index (κ3) is 4.81. The molecular weight excluding hydrogens is 316 g/mol. The van der Waals surface area contributed by atoms with Crippen molar-refractivity contribution >= 4 is 23.3 Å². The molecule has 0 radical (unpaired) electrons. The molecule has 0 bridgehead atoms. The number of anilines is 2. The van der Waals surface area contributed by atoms with Gasteiger partial charge in [-0.3, -0.25) is 4.79 Å². The van der Waals surface area contributed by atoms with Gasteiger partial charge in [0.05, 0.1) is 0 Å². The Bertz CT molecular complexity index is 727. The Hall–Kier alpha value is -2.86. The maximum absolute atomic E-state index is 12.3. The molecule has 1 unspecified atom stereocenters.